The van der Waals surface area contributed by atoms with Gasteiger partial charge < -0.3 is 10.1 Å². The van der Waals surface area contributed by atoms with Crippen molar-refractivity contribution in [3.8, 4) is 0 Å². The number of benzene rings is 2. The summed E-state index contributed by atoms with van der Waals surface area (Å²) >= 11 is 7.22. The second kappa shape index (κ2) is 10.3. The van der Waals surface area contributed by atoms with Crippen LogP contribution in [0.25, 0.3) is 0 Å². The number of hydrogen-bond acceptors (Lipinski definition) is 8. The number of hydrogen-bond donors (Lipinski definition) is 2. The van der Waals surface area contributed by atoms with Gasteiger partial charge in [0, 0.05) is 11.3 Å². The van der Waals surface area contributed by atoms with E-state index >= 15 is 0 Å². The molecule has 2 heterocycles. The molecule has 0 unspecified atom stereocenters. The largest absolute Gasteiger partial charge is 0.462 e. The van der Waals surface area contributed by atoms with Crippen LogP contribution in [0.5, 0.6) is 0 Å². The number of aromatic nitrogens is 1. The number of halogens is 1. The van der Waals surface area contributed by atoms with Gasteiger partial charge in [0.15, 0.2) is 5.13 Å². The van der Waals surface area contributed by atoms with Gasteiger partial charge in [0.05, 0.1) is 18.0 Å². The molecule has 9 nitrogen and oxygen atoms in total. The summed E-state index contributed by atoms with van der Waals surface area (Å²) in [5, 5.41) is 5.52. The Labute approximate surface area is 215 Å². The highest BCUT2D eigenvalue weighted by Crippen LogP contribution is 2.30. The average Bonchev–Trinajstić information content (AvgIpc) is 3.32. The number of thiazole rings is 1. The Morgan fingerprint density at radius 3 is 2.50 bits per heavy atom. The van der Waals surface area contributed by atoms with Gasteiger partial charge in [0.25, 0.3) is 17.7 Å². The number of ether oxygens (including phenoxy) is 1. The van der Waals surface area contributed by atoms with Gasteiger partial charge in [-0.05, 0) is 51.1 Å². The third-order valence-corrected chi connectivity index (χ3v) is 6.60. The lowest BCUT2D eigenvalue weighted by atomic mass is 10.2. The number of aryl methyl sites for hydroxylation is 2. The lowest BCUT2D eigenvalue weighted by Gasteiger charge is -2.15. The van der Waals surface area contributed by atoms with Crippen LogP contribution in [0, 0.1) is 13.8 Å². The zero-order valence-corrected chi connectivity index (χ0v) is 21.1. The number of esters is 1. The van der Waals surface area contributed by atoms with E-state index in [-0.39, 0.29) is 28.0 Å². The van der Waals surface area contributed by atoms with Crippen LogP contribution in [-0.2, 0) is 14.3 Å². The number of carbonyl (C=O) groups is 4. The molecule has 2 aromatic carbocycles. The fourth-order valence-electron chi connectivity index (χ4n) is 3.43. The Morgan fingerprint density at radius 2 is 1.81 bits per heavy atom. The van der Waals surface area contributed by atoms with Crippen LogP contribution in [0.2, 0.25) is 0 Å². The molecule has 4 rings (SSSR count). The average molecular weight is 525 g/mol. The molecule has 0 saturated carbocycles. The molecule has 0 atom stereocenters. The van der Waals surface area contributed by atoms with Gasteiger partial charge in [-0.3, -0.25) is 19.7 Å². The SMILES string of the molecule is CCOC(=O)c1sc(NC(=O)c2cccc(NC3=C(Cl)C(=O)N(c4ccc(C)cc4)C3=O)c2)nc1C. The molecule has 0 aliphatic carbocycles. The number of imide groups is 1. The molecule has 2 N–H and O–H groups in total. The molecule has 184 valence electrons. The van der Waals surface area contributed by atoms with Gasteiger partial charge in [0.1, 0.15) is 15.6 Å². The Morgan fingerprint density at radius 1 is 1.08 bits per heavy atom. The maximum absolute atomic E-state index is 13.0. The van der Waals surface area contributed by atoms with Gasteiger partial charge in [-0.2, -0.15) is 0 Å². The molecule has 3 aromatic rings. The molecule has 1 aliphatic rings. The van der Waals surface area contributed by atoms with Crippen molar-refractivity contribution < 1.29 is 23.9 Å². The first-order chi connectivity index (χ1) is 17.2. The molecule has 0 spiro atoms. The maximum atomic E-state index is 13.0. The van der Waals surface area contributed by atoms with Gasteiger partial charge >= 0.3 is 5.97 Å². The highest BCUT2D eigenvalue weighted by molar-refractivity contribution is 7.17. The Kier molecular flexibility index (Phi) is 7.18. The third-order valence-electron chi connectivity index (χ3n) is 5.19. The molecule has 3 amide bonds. The lowest BCUT2D eigenvalue weighted by Crippen LogP contribution is -2.32. The summed E-state index contributed by atoms with van der Waals surface area (Å²) in [6.07, 6.45) is 0. The molecule has 1 aliphatic heterocycles. The van der Waals surface area contributed by atoms with E-state index in [0.717, 1.165) is 21.8 Å². The zero-order chi connectivity index (χ0) is 26.0. The molecular weight excluding hydrogens is 504 g/mol. The number of nitrogens with one attached hydrogen (secondary N) is 2. The summed E-state index contributed by atoms with van der Waals surface area (Å²) in [5.41, 5.74) is 2.39. The molecule has 11 heteroatoms. The molecule has 1 aromatic heterocycles. The quantitative estimate of drug-likeness (QED) is 0.342. The predicted octanol–water partition coefficient (Wildman–Crippen LogP) is 4.62. The summed E-state index contributed by atoms with van der Waals surface area (Å²) in [7, 11) is 0. The number of rotatable bonds is 7. The summed E-state index contributed by atoms with van der Waals surface area (Å²) in [5.74, 6) is -2.22. The third kappa shape index (κ3) is 5.00. The van der Waals surface area contributed by atoms with Crippen LogP contribution in [0.1, 0.15) is 38.2 Å². The minimum Gasteiger partial charge on any atom is -0.462 e. The van der Waals surface area contributed by atoms with Crippen molar-refractivity contribution in [2.75, 3.05) is 22.1 Å². The second-order valence-electron chi connectivity index (χ2n) is 7.78. The van der Waals surface area contributed by atoms with Crippen molar-refractivity contribution in [1.82, 2.24) is 4.98 Å². The normalized spacial score (nSPS) is 13.3. The molecule has 36 heavy (non-hydrogen) atoms. The fourth-order valence-corrected chi connectivity index (χ4v) is 4.50. The second-order valence-corrected chi connectivity index (χ2v) is 9.16. The molecule has 0 bridgehead atoms. The van der Waals surface area contributed by atoms with E-state index in [2.05, 4.69) is 15.6 Å². The number of amides is 3. The van der Waals surface area contributed by atoms with E-state index in [1.807, 2.05) is 6.92 Å². The van der Waals surface area contributed by atoms with Crippen LogP contribution < -0.4 is 15.5 Å². The number of carbonyl (C=O) groups excluding carboxylic acids is 4. The van der Waals surface area contributed by atoms with Gasteiger partial charge in [-0.15, -0.1) is 0 Å². The lowest BCUT2D eigenvalue weighted by molar-refractivity contribution is -0.120. The van der Waals surface area contributed by atoms with Crippen LogP contribution >= 0.6 is 22.9 Å². The molecule has 0 radical (unpaired) electrons. The first-order valence-electron chi connectivity index (χ1n) is 10.9. The van der Waals surface area contributed by atoms with E-state index in [0.29, 0.717) is 21.9 Å². The summed E-state index contributed by atoms with van der Waals surface area (Å²) < 4.78 is 5.00. The van der Waals surface area contributed by atoms with Crippen molar-refractivity contribution in [2.45, 2.75) is 20.8 Å². The van der Waals surface area contributed by atoms with Crippen molar-refractivity contribution >= 4 is 63.1 Å². The first-order valence-corrected chi connectivity index (χ1v) is 12.1. The predicted molar refractivity (Wildman–Crippen MR) is 137 cm³/mol. The standard InChI is InChI=1S/C25H21ClN4O5S/c1-4-35-24(34)20-14(3)27-25(36-20)29-21(31)15-6-5-7-16(12-15)28-19-18(26)22(32)30(23(19)33)17-10-8-13(2)9-11-17/h5-12,28H,4H2,1-3H3,(H,27,29,31). The molecular formula is C25H21ClN4O5S. The highest BCUT2D eigenvalue weighted by Gasteiger charge is 2.39. The Hall–Kier alpha value is -4.02. The van der Waals surface area contributed by atoms with Gasteiger partial charge in [-0.1, -0.05) is 46.7 Å². The van der Waals surface area contributed by atoms with E-state index in [1.165, 1.54) is 6.07 Å². The van der Waals surface area contributed by atoms with Crippen molar-refractivity contribution in [3.63, 3.8) is 0 Å². The minimum absolute atomic E-state index is 0.0885. The molecule has 0 saturated heterocycles. The monoisotopic (exact) mass is 524 g/mol. The van der Waals surface area contributed by atoms with E-state index in [9.17, 15) is 19.2 Å². The van der Waals surface area contributed by atoms with Crippen LogP contribution in [-0.4, -0.2) is 35.3 Å². The van der Waals surface area contributed by atoms with Crippen LogP contribution in [0.4, 0.5) is 16.5 Å². The Bertz CT molecular complexity index is 1410. The van der Waals surface area contributed by atoms with Crippen LogP contribution in [0.15, 0.2) is 59.3 Å². The van der Waals surface area contributed by atoms with E-state index in [4.69, 9.17) is 16.3 Å². The zero-order valence-electron chi connectivity index (χ0n) is 19.5. The number of anilines is 3. The Balaban J connectivity index is 1.50. The van der Waals surface area contributed by atoms with E-state index < -0.39 is 23.7 Å². The first kappa shape index (κ1) is 25.1. The van der Waals surface area contributed by atoms with Crippen molar-refractivity contribution in [2.24, 2.45) is 0 Å². The van der Waals surface area contributed by atoms with Gasteiger partial charge in [-0.25, -0.2) is 14.7 Å². The summed E-state index contributed by atoms with van der Waals surface area (Å²) in [4.78, 5) is 56.0. The molecule has 0 fully saturated rings. The minimum atomic E-state index is -0.640. The maximum Gasteiger partial charge on any atom is 0.350 e. The van der Waals surface area contributed by atoms with Crippen molar-refractivity contribution in [1.29, 1.82) is 0 Å². The van der Waals surface area contributed by atoms with E-state index in [1.54, 1.807) is 56.3 Å². The summed E-state index contributed by atoms with van der Waals surface area (Å²) in [6, 6.07) is 13.2. The van der Waals surface area contributed by atoms with Gasteiger partial charge in [0.2, 0.25) is 0 Å². The fraction of sp³-hybridized carbons (Fsp3) is 0.160. The number of nitrogens with zero attached hydrogens (tertiary/aromatic N) is 2. The smallest absolute Gasteiger partial charge is 0.350 e. The van der Waals surface area contributed by atoms with Crippen LogP contribution in [0.3, 0.4) is 0 Å². The summed E-state index contributed by atoms with van der Waals surface area (Å²) in [6.45, 7) is 5.49. The van der Waals surface area contributed by atoms with Crippen molar-refractivity contribution in [3.05, 3.63) is 81.0 Å². The topological polar surface area (TPSA) is 118 Å². The highest BCUT2D eigenvalue weighted by atomic mass is 35.5.